The van der Waals surface area contributed by atoms with E-state index in [0.29, 0.717) is 6.00 Å². The van der Waals surface area contributed by atoms with Crippen molar-refractivity contribution in [3.05, 3.63) is 35.6 Å². The second-order valence-corrected chi connectivity index (χ2v) is 4.22. The van der Waals surface area contributed by atoms with Crippen LogP contribution in [0.1, 0.15) is 19.4 Å². The Morgan fingerprint density at radius 3 is 2.71 bits per heavy atom. The summed E-state index contributed by atoms with van der Waals surface area (Å²) in [5.41, 5.74) is 0.881. The molecule has 0 atom stereocenters. The summed E-state index contributed by atoms with van der Waals surface area (Å²) >= 11 is 5.54. The van der Waals surface area contributed by atoms with Crippen molar-refractivity contribution in [2.75, 3.05) is 12.5 Å². The normalized spacial score (nSPS) is 11.7. The van der Waals surface area contributed by atoms with E-state index in [0.717, 1.165) is 12.1 Å². The van der Waals surface area contributed by atoms with Crippen LogP contribution in [0.25, 0.3) is 0 Å². The first-order chi connectivity index (χ1) is 6.56. The molecule has 0 unspecified atom stereocenters. The zero-order valence-electron chi connectivity index (χ0n) is 8.48. The van der Waals surface area contributed by atoms with Gasteiger partial charge in [0.1, 0.15) is 5.82 Å². The van der Waals surface area contributed by atoms with Gasteiger partial charge >= 0.3 is 0 Å². The molecule has 0 amide bonds. The summed E-state index contributed by atoms with van der Waals surface area (Å²) in [7, 11) is 0. The van der Waals surface area contributed by atoms with Crippen molar-refractivity contribution in [3.8, 4) is 0 Å². The summed E-state index contributed by atoms with van der Waals surface area (Å²) < 4.78 is 13.0. The van der Waals surface area contributed by atoms with Crippen molar-refractivity contribution < 1.29 is 4.39 Å². The molecule has 0 spiro atoms. The van der Waals surface area contributed by atoms with E-state index in [2.05, 4.69) is 19.2 Å². The molecule has 1 N–H and O–H groups in total. The Kier molecular flexibility index (Phi) is 3.90. The fourth-order valence-electron chi connectivity index (χ4n) is 1.37. The molecular weight excluding hydrogens is 201 g/mol. The third-order valence-corrected chi connectivity index (χ3v) is 2.46. The lowest BCUT2D eigenvalue weighted by atomic mass is 9.84. The van der Waals surface area contributed by atoms with E-state index in [1.54, 1.807) is 12.1 Å². The maximum absolute atomic E-state index is 13.0. The van der Waals surface area contributed by atoms with E-state index in [-0.39, 0.29) is 11.2 Å². The molecule has 0 heterocycles. The Bertz CT molecular complexity index is 299. The van der Waals surface area contributed by atoms with E-state index in [9.17, 15) is 4.39 Å². The minimum absolute atomic E-state index is 0.100. The van der Waals surface area contributed by atoms with Crippen molar-refractivity contribution in [2.45, 2.75) is 19.3 Å². The molecule has 0 aliphatic heterocycles. The van der Waals surface area contributed by atoms with Gasteiger partial charge in [0.25, 0.3) is 0 Å². The van der Waals surface area contributed by atoms with Gasteiger partial charge in [-0.2, -0.15) is 0 Å². The summed E-state index contributed by atoms with van der Waals surface area (Å²) in [5, 5.41) is 3.05. The standard InChI is InChI=1S/C11H15ClFN/c1-11(2,7-14-8-12)9-4-3-5-10(13)6-9/h3-6,14H,7-8H2,1-2H3. The number of hydrogen-bond acceptors (Lipinski definition) is 1. The van der Waals surface area contributed by atoms with Crippen molar-refractivity contribution in [1.29, 1.82) is 0 Å². The van der Waals surface area contributed by atoms with Crippen LogP contribution in [0.15, 0.2) is 24.3 Å². The Morgan fingerprint density at radius 2 is 2.14 bits per heavy atom. The molecular formula is C11H15ClFN. The molecule has 1 aromatic rings. The Morgan fingerprint density at radius 1 is 1.43 bits per heavy atom. The average Bonchev–Trinajstić information content (AvgIpc) is 2.15. The van der Waals surface area contributed by atoms with E-state index < -0.39 is 0 Å². The van der Waals surface area contributed by atoms with Crippen molar-refractivity contribution in [1.82, 2.24) is 5.32 Å². The molecule has 0 radical (unpaired) electrons. The highest BCUT2D eigenvalue weighted by atomic mass is 35.5. The van der Waals surface area contributed by atoms with Gasteiger partial charge in [0.15, 0.2) is 0 Å². The predicted molar refractivity (Wildman–Crippen MR) is 58.1 cm³/mol. The molecule has 0 fully saturated rings. The molecule has 0 bridgehead atoms. The molecule has 0 aliphatic rings. The first-order valence-corrected chi connectivity index (χ1v) is 5.12. The van der Waals surface area contributed by atoms with E-state index in [1.807, 2.05) is 6.07 Å². The summed E-state index contributed by atoms with van der Waals surface area (Å²) in [6, 6.07) is 7.09. The van der Waals surface area contributed by atoms with Gasteiger partial charge in [0.2, 0.25) is 0 Å². The minimum Gasteiger partial charge on any atom is -0.303 e. The van der Waals surface area contributed by atoms with Crippen LogP contribution in [-0.4, -0.2) is 12.5 Å². The van der Waals surface area contributed by atoms with Gasteiger partial charge < -0.3 is 5.32 Å². The van der Waals surface area contributed by atoms with Crippen LogP contribution in [0.2, 0.25) is 0 Å². The SMILES string of the molecule is CC(C)(CNCCl)c1cccc(F)c1. The lowest BCUT2D eigenvalue weighted by Gasteiger charge is -2.25. The highest BCUT2D eigenvalue weighted by Crippen LogP contribution is 2.22. The van der Waals surface area contributed by atoms with Crippen LogP contribution in [0.4, 0.5) is 4.39 Å². The maximum Gasteiger partial charge on any atom is 0.123 e. The third kappa shape index (κ3) is 2.96. The second kappa shape index (κ2) is 4.76. The Labute approximate surface area is 89.3 Å². The van der Waals surface area contributed by atoms with Gasteiger partial charge in [-0.05, 0) is 17.7 Å². The molecule has 0 aromatic heterocycles. The van der Waals surface area contributed by atoms with Gasteiger partial charge in [-0.3, -0.25) is 0 Å². The molecule has 14 heavy (non-hydrogen) atoms. The van der Waals surface area contributed by atoms with Crippen molar-refractivity contribution >= 4 is 11.6 Å². The largest absolute Gasteiger partial charge is 0.303 e. The van der Waals surface area contributed by atoms with Crippen molar-refractivity contribution in [3.63, 3.8) is 0 Å². The fourth-order valence-corrected chi connectivity index (χ4v) is 1.47. The van der Waals surface area contributed by atoms with Crippen LogP contribution in [0.3, 0.4) is 0 Å². The lowest BCUT2D eigenvalue weighted by molar-refractivity contribution is 0.485. The average molecular weight is 216 g/mol. The first kappa shape index (κ1) is 11.5. The van der Waals surface area contributed by atoms with E-state index in [1.165, 1.54) is 6.07 Å². The van der Waals surface area contributed by atoms with Gasteiger partial charge in [-0.15, -0.1) is 11.6 Å². The molecule has 3 heteroatoms. The van der Waals surface area contributed by atoms with Gasteiger partial charge in [-0.1, -0.05) is 26.0 Å². The third-order valence-electron chi connectivity index (χ3n) is 2.27. The highest BCUT2D eigenvalue weighted by Gasteiger charge is 2.19. The molecule has 78 valence electrons. The molecule has 1 aromatic carbocycles. The van der Waals surface area contributed by atoms with E-state index >= 15 is 0 Å². The number of benzene rings is 1. The number of alkyl halides is 1. The molecule has 1 rings (SSSR count). The topological polar surface area (TPSA) is 12.0 Å². The fraction of sp³-hybridized carbons (Fsp3) is 0.455. The lowest BCUT2D eigenvalue weighted by Crippen LogP contribution is -2.32. The second-order valence-electron chi connectivity index (χ2n) is 3.95. The minimum atomic E-state index is -0.193. The quantitative estimate of drug-likeness (QED) is 0.602. The highest BCUT2D eigenvalue weighted by molar-refractivity contribution is 6.17. The van der Waals surface area contributed by atoms with Gasteiger partial charge in [-0.25, -0.2) is 4.39 Å². The molecule has 0 saturated heterocycles. The maximum atomic E-state index is 13.0. The smallest absolute Gasteiger partial charge is 0.123 e. The van der Waals surface area contributed by atoms with Gasteiger partial charge in [0, 0.05) is 12.0 Å². The number of rotatable bonds is 4. The van der Waals surface area contributed by atoms with Crippen LogP contribution in [0.5, 0.6) is 0 Å². The predicted octanol–water partition coefficient (Wildman–Crippen LogP) is 2.89. The number of hydrogen-bond donors (Lipinski definition) is 1. The summed E-state index contributed by atoms with van der Waals surface area (Å²) in [5.74, 6) is -0.193. The number of halogens is 2. The molecule has 1 nitrogen and oxygen atoms in total. The Balaban J connectivity index is 2.80. The Hall–Kier alpha value is -0.600. The zero-order chi connectivity index (χ0) is 10.6. The van der Waals surface area contributed by atoms with Crippen LogP contribution < -0.4 is 5.32 Å². The molecule has 0 saturated carbocycles. The van der Waals surface area contributed by atoms with Crippen LogP contribution >= 0.6 is 11.6 Å². The summed E-state index contributed by atoms with van der Waals surface area (Å²) in [6.45, 7) is 4.85. The summed E-state index contributed by atoms with van der Waals surface area (Å²) in [6.07, 6.45) is 0. The van der Waals surface area contributed by atoms with Crippen LogP contribution in [-0.2, 0) is 5.41 Å². The van der Waals surface area contributed by atoms with Crippen LogP contribution in [0, 0.1) is 5.82 Å². The van der Waals surface area contributed by atoms with Crippen molar-refractivity contribution in [2.24, 2.45) is 0 Å². The van der Waals surface area contributed by atoms with Gasteiger partial charge in [0.05, 0.1) is 6.00 Å². The zero-order valence-corrected chi connectivity index (χ0v) is 9.24. The number of nitrogens with one attached hydrogen (secondary N) is 1. The monoisotopic (exact) mass is 215 g/mol. The molecule has 0 aliphatic carbocycles. The van der Waals surface area contributed by atoms with E-state index in [4.69, 9.17) is 11.6 Å². The summed E-state index contributed by atoms with van der Waals surface area (Å²) in [4.78, 5) is 0. The first-order valence-electron chi connectivity index (χ1n) is 4.59.